The van der Waals surface area contributed by atoms with Crippen molar-refractivity contribution in [3.05, 3.63) is 60.4 Å². The van der Waals surface area contributed by atoms with Gasteiger partial charge in [-0.2, -0.15) is 0 Å². The lowest BCUT2D eigenvalue weighted by Crippen LogP contribution is -2.03. The highest BCUT2D eigenvalue weighted by Gasteiger charge is 2.19. The van der Waals surface area contributed by atoms with Crippen LogP contribution < -0.4 is 5.73 Å². The molecule has 4 aromatic rings. The number of nitrogens with two attached hydrogens (primary N) is 1. The second-order valence-corrected chi connectivity index (χ2v) is 5.23. The Morgan fingerprint density at radius 2 is 1.91 bits per heavy atom. The molecular formula is C17H13FN4O. The van der Waals surface area contributed by atoms with E-state index in [1.165, 1.54) is 12.1 Å². The van der Waals surface area contributed by atoms with Gasteiger partial charge in [-0.15, -0.1) is 0 Å². The number of halogens is 1. The van der Waals surface area contributed by atoms with Crippen LogP contribution in [0.1, 0.15) is 5.76 Å². The molecule has 3 heterocycles. The first kappa shape index (κ1) is 13.5. The number of hydrogen-bond acceptors (Lipinski definition) is 4. The molecule has 0 aliphatic heterocycles. The normalized spacial score (nSPS) is 11.2. The van der Waals surface area contributed by atoms with Crippen LogP contribution in [0.4, 0.5) is 10.2 Å². The minimum atomic E-state index is -0.305. The van der Waals surface area contributed by atoms with Gasteiger partial charge < -0.3 is 10.2 Å². The molecule has 0 radical (unpaired) electrons. The number of benzene rings is 1. The van der Waals surface area contributed by atoms with Crippen LogP contribution in [0.2, 0.25) is 0 Å². The highest BCUT2D eigenvalue weighted by molar-refractivity contribution is 5.81. The Hall–Kier alpha value is -3.15. The monoisotopic (exact) mass is 308 g/mol. The number of rotatable bonds is 2. The Balaban J connectivity index is 2.08. The van der Waals surface area contributed by atoms with Gasteiger partial charge in [-0.3, -0.25) is 4.40 Å². The van der Waals surface area contributed by atoms with Crippen molar-refractivity contribution in [1.29, 1.82) is 0 Å². The van der Waals surface area contributed by atoms with Gasteiger partial charge in [-0.05, 0) is 43.3 Å². The number of aryl methyl sites for hydroxylation is 1. The summed E-state index contributed by atoms with van der Waals surface area (Å²) >= 11 is 0. The van der Waals surface area contributed by atoms with Gasteiger partial charge in [0.2, 0.25) is 0 Å². The molecule has 4 rings (SSSR count). The summed E-state index contributed by atoms with van der Waals surface area (Å²) in [4.78, 5) is 8.70. The average Bonchev–Trinajstić information content (AvgIpc) is 3.17. The molecule has 2 N–H and O–H groups in total. The zero-order chi connectivity index (χ0) is 16.0. The Morgan fingerprint density at radius 3 is 2.61 bits per heavy atom. The van der Waals surface area contributed by atoms with Gasteiger partial charge in [0.25, 0.3) is 0 Å². The molecule has 114 valence electrons. The van der Waals surface area contributed by atoms with Gasteiger partial charge in [0.15, 0.2) is 17.2 Å². The molecular weight excluding hydrogens is 295 g/mol. The predicted octanol–water partition coefficient (Wildman–Crippen LogP) is 3.69. The second-order valence-electron chi connectivity index (χ2n) is 5.23. The van der Waals surface area contributed by atoms with Crippen molar-refractivity contribution < 1.29 is 8.81 Å². The van der Waals surface area contributed by atoms with Crippen LogP contribution in [0.15, 0.2) is 53.2 Å². The molecule has 0 aliphatic carbocycles. The third-order valence-electron chi connectivity index (χ3n) is 3.66. The first-order valence-electron chi connectivity index (χ1n) is 7.09. The maximum atomic E-state index is 13.2. The zero-order valence-corrected chi connectivity index (χ0v) is 12.3. The van der Waals surface area contributed by atoms with Crippen LogP contribution in [-0.2, 0) is 0 Å². The molecule has 0 saturated carbocycles. The second kappa shape index (κ2) is 4.95. The van der Waals surface area contributed by atoms with E-state index in [1.807, 2.05) is 23.5 Å². The van der Waals surface area contributed by atoms with E-state index < -0.39 is 0 Å². The predicted molar refractivity (Wildman–Crippen MR) is 85.2 cm³/mol. The number of anilines is 1. The molecule has 23 heavy (non-hydrogen) atoms. The summed E-state index contributed by atoms with van der Waals surface area (Å²) in [5, 5.41) is 0. The molecule has 5 nitrogen and oxygen atoms in total. The third-order valence-corrected chi connectivity index (χ3v) is 3.66. The lowest BCUT2D eigenvalue weighted by molar-refractivity contribution is 0.545. The number of imidazole rings is 1. The topological polar surface area (TPSA) is 69.3 Å². The fourth-order valence-electron chi connectivity index (χ4n) is 2.62. The minimum Gasteiger partial charge on any atom is -0.460 e. The van der Waals surface area contributed by atoms with Crippen molar-refractivity contribution in [2.45, 2.75) is 6.92 Å². The standard InChI is InChI=1S/C17H13FN4O/c1-10-2-7-13(23-10)15-14(11-3-5-12(18)6-4-11)21-16(19)17-20-8-9-22(15)17/h2-9H,1H3,(H2,19,21). The molecule has 1 aromatic carbocycles. The van der Waals surface area contributed by atoms with Gasteiger partial charge >= 0.3 is 0 Å². The number of aromatic nitrogens is 3. The first-order chi connectivity index (χ1) is 11.1. The van der Waals surface area contributed by atoms with Gasteiger partial charge in [0.1, 0.15) is 23.0 Å². The molecule has 3 aromatic heterocycles. The van der Waals surface area contributed by atoms with Crippen LogP contribution in [0, 0.1) is 12.7 Å². The van der Waals surface area contributed by atoms with E-state index >= 15 is 0 Å². The number of nitrogen functional groups attached to an aromatic ring is 1. The Kier molecular flexibility index (Phi) is 2.90. The van der Waals surface area contributed by atoms with E-state index in [2.05, 4.69) is 9.97 Å². The third kappa shape index (κ3) is 2.15. The van der Waals surface area contributed by atoms with E-state index in [9.17, 15) is 4.39 Å². The van der Waals surface area contributed by atoms with Crippen molar-refractivity contribution in [3.63, 3.8) is 0 Å². The van der Waals surface area contributed by atoms with Gasteiger partial charge in [-0.1, -0.05) is 0 Å². The fourth-order valence-corrected chi connectivity index (χ4v) is 2.62. The molecule has 0 amide bonds. The smallest absolute Gasteiger partial charge is 0.180 e. The average molecular weight is 308 g/mol. The van der Waals surface area contributed by atoms with Gasteiger partial charge in [-0.25, -0.2) is 14.4 Å². The molecule has 0 fully saturated rings. The van der Waals surface area contributed by atoms with E-state index in [-0.39, 0.29) is 5.82 Å². The van der Waals surface area contributed by atoms with E-state index in [1.54, 1.807) is 24.5 Å². The minimum absolute atomic E-state index is 0.305. The number of fused-ring (bicyclic) bond motifs is 1. The van der Waals surface area contributed by atoms with E-state index in [0.29, 0.717) is 22.9 Å². The van der Waals surface area contributed by atoms with Gasteiger partial charge in [0, 0.05) is 18.0 Å². The van der Waals surface area contributed by atoms with Crippen molar-refractivity contribution in [3.8, 4) is 22.7 Å². The molecule has 0 atom stereocenters. The quantitative estimate of drug-likeness (QED) is 0.613. The van der Waals surface area contributed by atoms with Crippen molar-refractivity contribution in [1.82, 2.24) is 14.4 Å². The van der Waals surface area contributed by atoms with Crippen LogP contribution in [0.3, 0.4) is 0 Å². The molecule has 0 bridgehead atoms. The molecule has 6 heteroatoms. The summed E-state index contributed by atoms with van der Waals surface area (Å²) in [6, 6.07) is 9.86. The number of nitrogens with zero attached hydrogens (tertiary/aromatic N) is 3. The van der Waals surface area contributed by atoms with Crippen LogP contribution in [0.5, 0.6) is 0 Å². The lowest BCUT2D eigenvalue weighted by atomic mass is 10.1. The maximum absolute atomic E-state index is 13.2. The summed E-state index contributed by atoms with van der Waals surface area (Å²) < 4.78 is 20.8. The highest BCUT2D eigenvalue weighted by Crippen LogP contribution is 2.33. The van der Waals surface area contributed by atoms with E-state index in [4.69, 9.17) is 10.2 Å². The Bertz CT molecular complexity index is 1000. The Morgan fingerprint density at radius 1 is 1.13 bits per heavy atom. The van der Waals surface area contributed by atoms with Crippen LogP contribution in [-0.4, -0.2) is 14.4 Å². The van der Waals surface area contributed by atoms with Crippen molar-refractivity contribution >= 4 is 11.5 Å². The van der Waals surface area contributed by atoms with Gasteiger partial charge in [0.05, 0.1) is 0 Å². The zero-order valence-electron chi connectivity index (χ0n) is 12.3. The lowest BCUT2D eigenvalue weighted by Gasteiger charge is -2.11. The summed E-state index contributed by atoms with van der Waals surface area (Å²) in [6.45, 7) is 1.87. The fraction of sp³-hybridized carbons (Fsp3) is 0.0588. The summed E-state index contributed by atoms with van der Waals surface area (Å²) in [5.74, 6) is 1.44. The molecule has 0 aliphatic rings. The number of hydrogen-bond donors (Lipinski definition) is 1. The summed E-state index contributed by atoms with van der Waals surface area (Å²) in [5.41, 5.74) is 8.67. The molecule has 0 saturated heterocycles. The molecule has 0 unspecified atom stereocenters. The summed E-state index contributed by atoms with van der Waals surface area (Å²) in [7, 11) is 0. The summed E-state index contributed by atoms with van der Waals surface area (Å²) in [6.07, 6.45) is 3.45. The highest BCUT2D eigenvalue weighted by atomic mass is 19.1. The SMILES string of the molecule is Cc1ccc(-c2c(-c3ccc(F)cc3)nc(N)c3nccn23)o1. The largest absolute Gasteiger partial charge is 0.460 e. The Labute approximate surface area is 131 Å². The van der Waals surface area contributed by atoms with E-state index in [0.717, 1.165) is 17.0 Å². The van der Waals surface area contributed by atoms with Crippen LogP contribution in [0.25, 0.3) is 28.4 Å². The first-order valence-corrected chi connectivity index (χ1v) is 7.09. The number of furan rings is 1. The molecule has 0 spiro atoms. The maximum Gasteiger partial charge on any atom is 0.180 e. The van der Waals surface area contributed by atoms with Crippen molar-refractivity contribution in [2.75, 3.05) is 5.73 Å². The van der Waals surface area contributed by atoms with Crippen LogP contribution >= 0.6 is 0 Å². The van der Waals surface area contributed by atoms with Crippen molar-refractivity contribution in [2.24, 2.45) is 0 Å².